The fourth-order valence-electron chi connectivity index (χ4n) is 1.30. The quantitative estimate of drug-likeness (QED) is 0.816. The van der Waals surface area contributed by atoms with E-state index in [-0.39, 0.29) is 17.4 Å². The summed E-state index contributed by atoms with van der Waals surface area (Å²) >= 11 is 1.21. The van der Waals surface area contributed by atoms with Gasteiger partial charge in [0.2, 0.25) is 5.06 Å². The molecule has 2 rings (SSSR count). The molecule has 1 heterocycles. The van der Waals surface area contributed by atoms with Crippen LogP contribution in [0.1, 0.15) is 6.92 Å². The molecule has 0 bridgehead atoms. The van der Waals surface area contributed by atoms with Gasteiger partial charge >= 0.3 is 6.16 Å². The molecule has 0 saturated carbocycles. The van der Waals surface area contributed by atoms with Gasteiger partial charge in [0.25, 0.3) is 0 Å². The first-order valence-corrected chi connectivity index (χ1v) is 5.59. The van der Waals surface area contributed by atoms with Crippen molar-refractivity contribution < 1.29 is 19.4 Å². The number of hydrogen-bond acceptors (Lipinski definition) is 5. The Bertz CT molecular complexity index is 518. The Balaban J connectivity index is 2.31. The predicted octanol–water partition coefficient (Wildman–Crippen LogP) is 3.14. The van der Waals surface area contributed by atoms with E-state index in [0.717, 1.165) is 4.70 Å². The average molecular weight is 238 g/mol. The molecule has 2 aromatic rings. The largest absolute Gasteiger partial charge is 0.514 e. The number of hydrogen-bond donors (Lipinski definition) is 1. The maximum Gasteiger partial charge on any atom is 0.514 e. The summed E-state index contributed by atoms with van der Waals surface area (Å²) in [5.74, 6) is -0.0198. The molecule has 1 N–H and O–H groups in total. The van der Waals surface area contributed by atoms with E-state index in [0.29, 0.717) is 5.39 Å². The number of benzene rings is 1. The summed E-state index contributed by atoms with van der Waals surface area (Å²) in [4.78, 5) is 11.1. The highest BCUT2D eigenvalue weighted by molar-refractivity contribution is 7.21. The van der Waals surface area contributed by atoms with Crippen LogP contribution in [0.4, 0.5) is 4.79 Å². The van der Waals surface area contributed by atoms with Crippen LogP contribution in [0, 0.1) is 0 Å². The van der Waals surface area contributed by atoms with Crippen molar-refractivity contribution in [1.29, 1.82) is 0 Å². The van der Waals surface area contributed by atoms with Gasteiger partial charge in [0.15, 0.2) is 5.75 Å². The number of carbonyl (C=O) groups is 1. The third-order valence-electron chi connectivity index (χ3n) is 1.98. The van der Waals surface area contributed by atoms with Gasteiger partial charge < -0.3 is 14.6 Å². The molecule has 16 heavy (non-hydrogen) atoms. The summed E-state index contributed by atoms with van der Waals surface area (Å²) in [6.45, 7) is 1.93. The molecule has 0 unspecified atom stereocenters. The van der Waals surface area contributed by atoms with Gasteiger partial charge in [-0.15, -0.1) is 0 Å². The molecule has 84 valence electrons. The van der Waals surface area contributed by atoms with Gasteiger partial charge in [-0.25, -0.2) is 4.79 Å². The summed E-state index contributed by atoms with van der Waals surface area (Å²) in [5.41, 5.74) is 0. The van der Waals surface area contributed by atoms with Crippen molar-refractivity contribution in [2.45, 2.75) is 6.92 Å². The second kappa shape index (κ2) is 4.40. The van der Waals surface area contributed by atoms with Crippen molar-refractivity contribution in [2.24, 2.45) is 0 Å². The lowest BCUT2D eigenvalue weighted by Crippen LogP contribution is -2.09. The van der Waals surface area contributed by atoms with Crippen molar-refractivity contribution in [1.82, 2.24) is 0 Å². The molecule has 0 saturated heterocycles. The molecular formula is C11H10O4S. The minimum absolute atomic E-state index is 0.0198. The molecule has 0 atom stereocenters. The molecular weight excluding hydrogens is 228 g/mol. The van der Waals surface area contributed by atoms with E-state index in [1.54, 1.807) is 13.0 Å². The van der Waals surface area contributed by atoms with Crippen molar-refractivity contribution >= 4 is 27.6 Å². The summed E-state index contributed by atoms with van der Waals surface area (Å²) < 4.78 is 10.4. The van der Waals surface area contributed by atoms with E-state index >= 15 is 0 Å². The summed E-state index contributed by atoms with van der Waals surface area (Å²) in [5, 5.41) is 10.6. The molecule has 1 aromatic carbocycles. The summed E-state index contributed by atoms with van der Waals surface area (Å²) in [6.07, 6.45) is -0.802. The second-order valence-corrected chi connectivity index (χ2v) is 4.03. The van der Waals surface area contributed by atoms with Crippen molar-refractivity contribution in [2.75, 3.05) is 6.61 Å². The topological polar surface area (TPSA) is 55.8 Å². The SMILES string of the molecule is CCOC(=O)Oc1sc2ccccc2c1O. The minimum Gasteiger partial charge on any atom is -0.503 e. The van der Waals surface area contributed by atoms with Crippen molar-refractivity contribution in [3.05, 3.63) is 24.3 Å². The van der Waals surface area contributed by atoms with E-state index in [2.05, 4.69) is 4.74 Å². The maximum atomic E-state index is 11.1. The molecule has 4 nitrogen and oxygen atoms in total. The number of fused-ring (bicyclic) bond motifs is 1. The molecule has 0 aliphatic carbocycles. The van der Waals surface area contributed by atoms with Crippen LogP contribution in [0.25, 0.3) is 10.1 Å². The van der Waals surface area contributed by atoms with Crippen LogP contribution >= 0.6 is 11.3 Å². The van der Waals surface area contributed by atoms with E-state index in [9.17, 15) is 9.90 Å². The normalized spacial score (nSPS) is 10.3. The third kappa shape index (κ3) is 1.94. The highest BCUT2D eigenvalue weighted by Crippen LogP contribution is 2.43. The van der Waals surface area contributed by atoms with Crippen LogP contribution < -0.4 is 4.74 Å². The van der Waals surface area contributed by atoms with Gasteiger partial charge in [0.1, 0.15) is 0 Å². The number of aromatic hydroxyl groups is 1. The van der Waals surface area contributed by atoms with Gasteiger partial charge in [0, 0.05) is 10.1 Å². The van der Waals surface area contributed by atoms with Gasteiger partial charge in [0.05, 0.1) is 6.61 Å². The highest BCUT2D eigenvalue weighted by Gasteiger charge is 2.15. The Morgan fingerprint density at radius 3 is 2.88 bits per heavy atom. The van der Waals surface area contributed by atoms with Gasteiger partial charge in [-0.3, -0.25) is 0 Å². The maximum absolute atomic E-state index is 11.1. The molecule has 0 aliphatic rings. The summed E-state index contributed by atoms with van der Waals surface area (Å²) in [7, 11) is 0. The lowest BCUT2D eigenvalue weighted by Gasteiger charge is -2.00. The first-order chi connectivity index (χ1) is 7.72. The monoisotopic (exact) mass is 238 g/mol. The second-order valence-electron chi connectivity index (χ2n) is 3.02. The molecule has 0 radical (unpaired) electrons. The molecule has 0 fully saturated rings. The number of carbonyl (C=O) groups excluding carboxylic acids is 1. The minimum atomic E-state index is -0.802. The molecule has 0 amide bonds. The van der Waals surface area contributed by atoms with Crippen LogP contribution in [0.3, 0.4) is 0 Å². The van der Waals surface area contributed by atoms with Crippen molar-refractivity contribution in [3.63, 3.8) is 0 Å². The number of rotatable bonds is 2. The zero-order chi connectivity index (χ0) is 11.5. The number of ether oxygens (including phenoxy) is 2. The highest BCUT2D eigenvalue weighted by atomic mass is 32.1. The fraction of sp³-hybridized carbons (Fsp3) is 0.182. The third-order valence-corrected chi connectivity index (χ3v) is 3.01. The fourth-order valence-corrected chi connectivity index (χ4v) is 2.24. The zero-order valence-corrected chi connectivity index (χ0v) is 9.41. The van der Waals surface area contributed by atoms with E-state index in [1.807, 2.05) is 18.2 Å². The van der Waals surface area contributed by atoms with Crippen molar-refractivity contribution in [3.8, 4) is 10.8 Å². The molecule has 0 aliphatic heterocycles. The van der Waals surface area contributed by atoms with Crippen LogP contribution in [-0.2, 0) is 4.74 Å². The van der Waals surface area contributed by atoms with Gasteiger partial charge in [-0.2, -0.15) is 0 Å². The lowest BCUT2D eigenvalue weighted by molar-refractivity contribution is 0.104. The molecule has 5 heteroatoms. The Kier molecular flexibility index (Phi) is 2.96. The standard InChI is InChI=1S/C11H10O4S/c1-2-14-11(13)15-10-9(12)7-5-3-4-6-8(7)16-10/h3-6,12H,2H2,1H3. The van der Waals surface area contributed by atoms with Gasteiger partial charge in [-0.05, 0) is 19.1 Å². The predicted molar refractivity (Wildman–Crippen MR) is 61.1 cm³/mol. The lowest BCUT2D eigenvalue weighted by atomic mass is 10.2. The Morgan fingerprint density at radius 1 is 1.44 bits per heavy atom. The number of thiophene rings is 1. The average Bonchev–Trinajstić information content (AvgIpc) is 2.57. The molecule has 1 aromatic heterocycles. The Morgan fingerprint density at radius 2 is 2.19 bits per heavy atom. The van der Waals surface area contributed by atoms with E-state index in [1.165, 1.54) is 11.3 Å². The van der Waals surface area contributed by atoms with E-state index < -0.39 is 6.16 Å². The van der Waals surface area contributed by atoms with Crippen LogP contribution in [0.5, 0.6) is 10.8 Å². The van der Waals surface area contributed by atoms with Crippen LogP contribution in [-0.4, -0.2) is 17.9 Å². The van der Waals surface area contributed by atoms with Crippen LogP contribution in [0.15, 0.2) is 24.3 Å². The molecule has 0 spiro atoms. The zero-order valence-electron chi connectivity index (χ0n) is 8.60. The van der Waals surface area contributed by atoms with Crippen LogP contribution in [0.2, 0.25) is 0 Å². The van der Waals surface area contributed by atoms with Gasteiger partial charge in [-0.1, -0.05) is 23.5 Å². The summed E-state index contributed by atoms with van der Waals surface area (Å²) in [6, 6.07) is 7.27. The first kappa shape index (κ1) is 10.8. The van der Waals surface area contributed by atoms with E-state index in [4.69, 9.17) is 4.74 Å². The smallest absolute Gasteiger partial charge is 0.503 e. The first-order valence-electron chi connectivity index (χ1n) is 4.77. The Labute approximate surface area is 96.0 Å². The Hall–Kier alpha value is -1.75.